The molecule has 0 aromatic carbocycles. The van der Waals surface area contributed by atoms with Gasteiger partial charge in [-0.3, -0.25) is 10.1 Å². The van der Waals surface area contributed by atoms with Crippen LogP contribution in [-0.2, 0) is 10.9 Å². The van der Waals surface area contributed by atoms with E-state index in [0.29, 0.717) is 24.0 Å². The Morgan fingerprint density at radius 3 is 2.44 bits per heavy atom. The Morgan fingerprint density at radius 1 is 1.28 bits per heavy atom. The molecule has 7 nitrogen and oxygen atoms in total. The highest BCUT2D eigenvalue weighted by molar-refractivity contribution is 7.99. The van der Waals surface area contributed by atoms with E-state index in [2.05, 4.69) is 14.7 Å². The number of ether oxygens (including phenoxy) is 1. The third-order valence-corrected chi connectivity index (χ3v) is 4.20. The third-order valence-electron chi connectivity index (χ3n) is 2.78. The first kappa shape index (κ1) is 18.9. The van der Waals surface area contributed by atoms with E-state index in [1.54, 1.807) is 0 Å². The number of aromatic nitrogens is 2. The SMILES string of the molecule is COC(=O)c1cnc(Sc2ncc(C(F)(F)F)cc2Cl)c([N+](=O)[O-])c1. The molecule has 0 N–H and O–H groups in total. The number of carbonyl (C=O) groups excluding carboxylic acids is 1. The molecule has 0 aliphatic heterocycles. The van der Waals surface area contributed by atoms with Crippen molar-refractivity contribution in [3.63, 3.8) is 0 Å². The number of halogens is 4. The molecule has 0 saturated carbocycles. The highest BCUT2D eigenvalue weighted by Crippen LogP contribution is 2.38. The summed E-state index contributed by atoms with van der Waals surface area (Å²) in [5.74, 6) is -0.821. The fourth-order valence-electron chi connectivity index (χ4n) is 1.63. The second kappa shape index (κ2) is 7.23. The van der Waals surface area contributed by atoms with Gasteiger partial charge in [-0.05, 0) is 17.8 Å². The number of esters is 1. The molecule has 0 atom stereocenters. The molecular formula is C13H7ClF3N3O4S. The summed E-state index contributed by atoms with van der Waals surface area (Å²) in [7, 11) is 1.10. The van der Waals surface area contributed by atoms with Crippen LogP contribution in [0.1, 0.15) is 15.9 Å². The molecule has 2 heterocycles. The van der Waals surface area contributed by atoms with Crippen molar-refractivity contribution in [2.45, 2.75) is 16.2 Å². The molecule has 25 heavy (non-hydrogen) atoms. The zero-order valence-electron chi connectivity index (χ0n) is 12.2. The summed E-state index contributed by atoms with van der Waals surface area (Å²) in [6.45, 7) is 0. The summed E-state index contributed by atoms with van der Waals surface area (Å²) >= 11 is 6.37. The topological polar surface area (TPSA) is 95.2 Å². The van der Waals surface area contributed by atoms with Gasteiger partial charge in [0.05, 0.1) is 28.2 Å². The molecule has 12 heteroatoms. The molecule has 0 bridgehead atoms. The predicted molar refractivity (Wildman–Crippen MR) is 80.6 cm³/mol. The minimum Gasteiger partial charge on any atom is -0.465 e. The molecule has 0 unspecified atom stereocenters. The molecule has 2 rings (SSSR count). The number of carbonyl (C=O) groups is 1. The van der Waals surface area contributed by atoms with Crippen LogP contribution in [0.15, 0.2) is 34.6 Å². The Balaban J connectivity index is 2.40. The summed E-state index contributed by atoms with van der Waals surface area (Å²) in [5.41, 5.74) is -1.74. The molecule has 0 spiro atoms. The summed E-state index contributed by atoms with van der Waals surface area (Å²) in [6, 6.07) is 1.60. The molecule has 132 valence electrons. The molecule has 0 saturated heterocycles. The van der Waals surface area contributed by atoms with E-state index in [4.69, 9.17) is 11.6 Å². The van der Waals surface area contributed by atoms with E-state index >= 15 is 0 Å². The van der Waals surface area contributed by atoms with E-state index in [0.717, 1.165) is 19.4 Å². The van der Waals surface area contributed by atoms with E-state index in [-0.39, 0.29) is 20.6 Å². The quantitative estimate of drug-likeness (QED) is 0.440. The van der Waals surface area contributed by atoms with Crippen molar-refractivity contribution in [2.24, 2.45) is 0 Å². The number of pyridine rings is 2. The lowest BCUT2D eigenvalue weighted by Gasteiger charge is -2.09. The normalized spacial score (nSPS) is 11.2. The lowest BCUT2D eigenvalue weighted by molar-refractivity contribution is -0.388. The Bertz CT molecular complexity index is 848. The lowest BCUT2D eigenvalue weighted by Crippen LogP contribution is -2.06. The Labute approximate surface area is 147 Å². The van der Waals surface area contributed by atoms with Gasteiger partial charge in [0.25, 0.3) is 0 Å². The van der Waals surface area contributed by atoms with Crippen LogP contribution in [0.5, 0.6) is 0 Å². The predicted octanol–water partition coefficient (Wildman–Crippen LogP) is 3.99. The monoisotopic (exact) mass is 393 g/mol. The standard InChI is InChI=1S/C13H7ClF3N3O4S/c1-24-12(21)6-2-9(20(22)23)11(18-4-6)25-10-8(14)3-7(5-19-10)13(15,16)17/h2-5H,1H3. The zero-order chi connectivity index (χ0) is 18.8. The van der Waals surface area contributed by atoms with Crippen molar-refractivity contribution in [2.75, 3.05) is 7.11 Å². The molecule has 2 aromatic heterocycles. The second-order valence-electron chi connectivity index (χ2n) is 4.41. The number of methoxy groups -OCH3 is 1. The van der Waals surface area contributed by atoms with Crippen LogP contribution in [0.4, 0.5) is 18.9 Å². The van der Waals surface area contributed by atoms with Crippen LogP contribution in [0, 0.1) is 10.1 Å². The van der Waals surface area contributed by atoms with Gasteiger partial charge in [0.15, 0.2) is 5.03 Å². The summed E-state index contributed by atoms with van der Waals surface area (Å²) in [4.78, 5) is 29.1. The van der Waals surface area contributed by atoms with Crippen molar-refractivity contribution in [3.8, 4) is 0 Å². The average Bonchev–Trinajstić information content (AvgIpc) is 2.55. The first-order valence-electron chi connectivity index (χ1n) is 6.27. The number of hydrogen-bond acceptors (Lipinski definition) is 7. The molecular weight excluding hydrogens is 387 g/mol. The molecule has 0 radical (unpaired) electrons. The van der Waals surface area contributed by atoms with Gasteiger partial charge < -0.3 is 4.74 Å². The van der Waals surface area contributed by atoms with Gasteiger partial charge in [-0.1, -0.05) is 11.6 Å². The number of alkyl halides is 3. The second-order valence-corrected chi connectivity index (χ2v) is 5.79. The number of hydrogen-bond donors (Lipinski definition) is 0. The van der Waals surface area contributed by atoms with Crippen LogP contribution in [-0.4, -0.2) is 28.0 Å². The zero-order valence-corrected chi connectivity index (χ0v) is 13.8. The highest BCUT2D eigenvalue weighted by Gasteiger charge is 2.32. The van der Waals surface area contributed by atoms with Crippen molar-refractivity contribution >= 4 is 35.0 Å². The van der Waals surface area contributed by atoms with Gasteiger partial charge in [-0.2, -0.15) is 13.2 Å². The summed E-state index contributed by atoms with van der Waals surface area (Å²) in [6.07, 6.45) is -3.02. The summed E-state index contributed by atoms with van der Waals surface area (Å²) < 4.78 is 42.2. The van der Waals surface area contributed by atoms with Gasteiger partial charge in [-0.15, -0.1) is 0 Å². The van der Waals surface area contributed by atoms with Crippen molar-refractivity contribution < 1.29 is 27.6 Å². The van der Waals surface area contributed by atoms with E-state index in [1.807, 2.05) is 0 Å². The number of nitro groups is 1. The van der Waals surface area contributed by atoms with Gasteiger partial charge in [0.1, 0.15) is 5.03 Å². The smallest absolute Gasteiger partial charge is 0.417 e. The minimum atomic E-state index is -4.62. The lowest BCUT2D eigenvalue weighted by atomic mass is 10.3. The first-order valence-corrected chi connectivity index (χ1v) is 7.46. The molecule has 0 amide bonds. The highest BCUT2D eigenvalue weighted by atomic mass is 35.5. The largest absolute Gasteiger partial charge is 0.465 e. The van der Waals surface area contributed by atoms with Crippen LogP contribution in [0.3, 0.4) is 0 Å². The van der Waals surface area contributed by atoms with Gasteiger partial charge in [0, 0.05) is 18.5 Å². The van der Waals surface area contributed by atoms with Crippen LogP contribution in [0.2, 0.25) is 5.02 Å². The first-order chi connectivity index (χ1) is 11.6. The molecule has 2 aromatic rings. The van der Waals surface area contributed by atoms with Gasteiger partial charge in [0.2, 0.25) is 0 Å². The van der Waals surface area contributed by atoms with Crippen molar-refractivity contribution in [1.82, 2.24) is 9.97 Å². The molecule has 0 fully saturated rings. The Morgan fingerprint density at radius 2 is 1.92 bits per heavy atom. The van der Waals surface area contributed by atoms with Crippen LogP contribution in [0.25, 0.3) is 0 Å². The van der Waals surface area contributed by atoms with E-state index in [9.17, 15) is 28.1 Å². The maximum atomic E-state index is 12.6. The maximum absolute atomic E-state index is 12.6. The average molecular weight is 394 g/mol. The Kier molecular flexibility index (Phi) is 5.48. The third kappa shape index (κ3) is 4.37. The van der Waals surface area contributed by atoms with Gasteiger partial charge >= 0.3 is 17.8 Å². The minimum absolute atomic E-state index is 0.101. The molecule has 0 aliphatic rings. The van der Waals surface area contributed by atoms with Crippen molar-refractivity contribution in [1.29, 1.82) is 0 Å². The van der Waals surface area contributed by atoms with Crippen LogP contribution >= 0.6 is 23.4 Å². The van der Waals surface area contributed by atoms with Gasteiger partial charge in [-0.25, -0.2) is 14.8 Å². The number of nitrogens with zero attached hydrogens (tertiary/aromatic N) is 3. The number of rotatable bonds is 4. The summed E-state index contributed by atoms with van der Waals surface area (Å²) in [5, 5.41) is 10.5. The maximum Gasteiger partial charge on any atom is 0.417 e. The van der Waals surface area contributed by atoms with E-state index < -0.39 is 28.3 Å². The van der Waals surface area contributed by atoms with Crippen molar-refractivity contribution in [3.05, 3.63) is 50.8 Å². The van der Waals surface area contributed by atoms with E-state index in [1.165, 1.54) is 0 Å². The molecule has 0 aliphatic carbocycles. The fourth-order valence-corrected chi connectivity index (χ4v) is 2.70. The van der Waals surface area contributed by atoms with Crippen LogP contribution < -0.4 is 0 Å². The fraction of sp³-hybridized carbons (Fsp3) is 0.154. The Hall–Kier alpha value is -2.40.